The molecule has 0 radical (unpaired) electrons. The molecule has 2 aromatic rings. The Balaban J connectivity index is 2.19. The van der Waals surface area contributed by atoms with Gasteiger partial charge in [-0.05, 0) is 30.9 Å². The second-order valence-corrected chi connectivity index (χ2v) is 5.79. The SMILES string of the molecule is Cc1cccc(C(C)C)c1NC(=O)Cn1nnc(C(N)=O)c1C. The van der Waals surface area contributed by atoms with Crippen molar-refractivity contribution < 1.29 is 9.59 Å². The number of nitrogens with zero attached hydrogens (tertiary/aromatic N) is 3. The summed E-state index contributed by atoms with van der Waals surface area (Å²) in [5.41, 5.74) is 8.65. The van der Waals surface area contributed by atoms with Gasteiger partial charge in [-0.15, -0.1) is 5.10 Å². The van der Waals surface area contributed by atoms with E-state index in [-0.39, 0.29) is 18.1 Å². The van der Waals surface area contributed by atoms with Crippen LogP contribution < -0.4 is 11.1 Å². The van der Waals surface area contributed by atoms with Gasteiger partial charge in [0.1, 0.15) is 6.54 Å². The third kappa shape index (κ3) is 3.56. The number of carbonyl (C=O) groups excluding carboxylic acids is 2. The lowest BCUT2D eigenvalue weighted by molar-refractivity contribution is -0.117. The van der Waals surface area contributed by atoms with Crippen LogP contribution in [0.4, 0.5) is 5.69 Å². The second-order valence-electron chi connectivity index (χ2n) is 5.79. The van der Waals surface area contributed by atoms with Crippen LogP contribution in [0.15, 0.2) is 18.2 Å². The summed E-state index contributed by atoms with van der Waals surface area (Å²) in [6, 6.07) is 5.92. The summed E-state index contributed by atoms with van der Waals surface area (Å²) in [4.78, 5) is 23.5. The van der Waals surface area contributed by atoms with E-state index < -0.39 is 5.91 Å². The van der Waals surface area contributed by atoms with Crippen molar-refractivity contribution in [2.24, 2.45) is 5.73 Å². The number of anilines is 1. The van der Waals surface area contributed by atoms with Crippen LogP contribution in [0.5, 0.6) is 0 Å². The monoisotopic (exact) mass is 315 g/mol. The Morgan fingerprint density at radius 2 is 2.00 bits per heavy atom. The molecule has 1 aromatic carbocycles. The van der Waals surface area contributed by atoms with E-state index in [0.29, 0.717) is 11.6 Å². The van der Waals surface area contributed by atoms with Gasteiger partial charge in [0.05, 0.1) is 5.69 Å². The van der Waals surface area contributed by atoms with Crippen molar-refractivity contribution in [2.75, 3.05) is 5.32 Å². The van der Waals surface area contributed by atoms with Crippen molar-refractivity contribution >= 4 is 17.5 Å². The Morgan fingerprint density at radius 3 is 2.57 bits per heavy atom. The fraction of sp³-hybridized carbons (Fsp3) is 0.375. The zero-order valence-electron chi connectivity index (χ0n) is 13.8. The van der Waals surface area contributed by atoms with Crippen LogP contribution in [0, 0.1) is 13.8 Å². The highest BCUT2D eigenvalue weighted by molar-refractivity contribution is 5.93. The fourth-order valence-electron chi connectivity index (χ4n) is 2.40. The van der Waals surface area contributed by atoms with E-state index in [9.17, 15) is 9.59 Å². The van der Waals surface area contributed by atoms with E-state index in [2.05, 4.69) is 29.5 Å². The first-order valence-corrected chi connectivity index (χ1v) is 7.40. The minimum atomic E-state index is -0.657. The number of rotatable bonds is 5. The minimum Gasteiger partial charge on any atom is -0.364 e. The van der Waals surface area contributed by atoms with Gasteiger partial charge in [-0.25, -0.2) is 4.68 Å². The summed E-state index contributed by atoms with van der Waals surface area (Å²) < 4.78 is 1.36. The van der Waals surface area contributed by atoms with E-state index in [1.54, 1.807) is 6.92 Å². The lowest BCUT2D eigenvalue weighted by Gasteiger charge is -2.16. The number of aromatic nitrogens is 3. The Morgan fingerprint density at radius 1 is 1.30 bits per heavy atom. The largest absolute Gasteiger partial charge is 0.364 e. The number of aryl methyl sites for hydroxylation is 1. The van der Waals surface area contributed by atoms with Gasteiger partial charge >= 0.3 is 0 Å². The molecule has 3 N–H and O–H groups in total. The molecular weight excluding hydrogens is 294 g/mol. The number of amides is 2. The van der Waals surface area contributed by atoms with Crippen molar-refractivity contribution in [1.29, 1.82) is 0 Å². The maximum absolute atomic E-state index is 12.3. The van der Waals surface area contributed by atoms with E-state index in [1.807, 2.05) is 25.1 Å². The second kappa shape index (κ2) is 6.60. The number of hydrogen-bond acceptors (Lipinski definition) is 4. The summed E-state index contributed by atoms with van der Waals surface area (Å²) in [7, 11) is 0. The number of nitrogens with two attached hydrogens (primary N) is 1. The minimum absolute atomic E-state index is 0.0298. The molecular formula is C16H21N5O2. The lowest BCUT2D eigenvalue weighted by atomic mass is 9.98. The lowest BCUT2D eigenvalue weighted by Crippen LogP contribution is -2.22. The van der Waals surface area contributed by atoms with E-state index in [4.69, 9.17) is 5.73 Å². The quantitative estimate of drug-likeness (QED) is 0.877. The van der Waals surface area contributed by atoms with Gasteiger partial charge < -0.3 is 11.1 Å². The van der Waals surface area contributed by atoms with Crippen LogP contribution in [-0.2, 0) is 11.3 Å². The molecule has 2 rings (SSSR count). The van der Waals surface area contributed by atoms with Gasteiger partial charge in [-0.3, -0.25) is 9.59 Å². The molecule has 1 aromatic heterocycles. The zero-order valence-corrected chi connectivity index (χ0v) is 13.8. The highest BCUT2D eigenvalue weighted by atomic mass is 16.2. The number of nitrogens with one attached hydrogen (secondary N) is 1. The summed E-state index contributed by atoms with van der Waals surface area (Å²) in [5.74, 6) is -0.597. The van der Waals surface area contributed by atoms with Crippen LogP contribution >= 0.6 is 0 Å². The summed E-state index contributed by atoms with van der Waals surface area (Å²) >= 11 is 0. The highest BCUT2D eigenvalue weighted by Gasteiger charge is 2.17. The van der Waals surface area contributed by atoms with E-state index in [1.165, 1.54) is 4.68 Å². The molecule has 0 spiro atoms. The van der Waals surface area contributed by atoms with Crippen LogP contribution in [0.2, 0.25) is 0 Å². The first-order chi connectivity index (χ1) is 10.8. The molecule has 0 aliphatic carbocycles. The van der Waals surface area contributed by atoms with Gasteiger partial charge in [0.25, 0.3) is 5.91 Å². The molecule has 1 heterocycles. The van der Waals surface area contributed by atoms with Crippen molar-refractivity contribution in [3.63, 3.8) is 0 Å². The fourth-order valence-corrected chi connectivity index (χ4v) is 2.40. The number of benzene rings is 1. The summed E-state index contributed by atoms with van der Waals surface area (Å²) in [6.45, 7) is 7.72. The third-order valence-corrected chi connectivity index (χ3v) is 3.70. The van der Waals surface area contributed by atoms with Crippen LogP contribution in [0.1, 0.15) is 47.1 Å². The molecule has 23 heavy (non-hydrogen) atoms. The molecule has 0 aliphatic rings. The Hall–Kier alpha value is -2.70. The Kier molecular flexibility index (Phi) is 4.78. The van der Waals surface area contributed by atoms with Crippen LogP contribution in [-0.4, -0.2) is 26.8 Å². The van der Waals surface area contributed by atoms with Gasteiger partial charge in [0.2, 0.25) is 5.91 Å². The van der Waals surface area contributed by atoms with Crippen molar-refractivity contribution in [3.8, 4) is 0 Å². The maximum Gasteiger partial charge on any atom is 0.271 e. The standard InChI is InChI=1S/C16H21N5O2/c1-9(2)12-7-5-6-10(3)14(12)18-13(22)8-21-11(4)15(16(17)23)19-20-21/h5-7,9H,8H2,1-4H3,(H2,17,23)(H,18,22). The van der Waals surface area contributed by atoms with E-state index in [0.717, 1.165) is 16.8 Å². The maximum atomic E-state index is 12.3. The smallest absolute Gasteiger partial charge is 0.271 e. The molecule has 122 valence electrons. The molecule has 0 aliphatic heterocycles. The average Bonchev–Trinajstić information content (AvgIpc) is 2.82. The number of hydrogen-bond donors (Lipinski definition) is 2. The van der Waals surface area contributed by atoms with Gasteiger partial charge in [0.15, 0.2) is 5.69 Å². The number of para-hydroxylation sites is 1. The zero-order chi connectivity index (χ0) is 17.1. The predicted molar refractivity (Wildman–Crippen MR) is 87.2 cm³/mol. The van der Waals surface area contributed by atoms with Crippen LogP contribution in [0.3, 0.4) is 0 Å². The van der Waals surface area contributed by atoms with Gasteiger partial charge in [-0.2, -0.15) is 0 Å². The molecule has 0 atom stereocenters. The molecule has 0 bridgehead atoms. The molecule has 0 saturated carbocycles. The predicted octanol–water partition coefficient (Wildman–Crippen LogP) is 1.76. The summed E-state index contributed by atoms with van der Waals surface area (Å²) in [5, 5.41) is 10.4. The third-order valence-electron chi connectivity index (χ3n) is 3.70. The number of carbonyl (C=O) groups is 2. The molecule has 2 amide bonds. The topological polar surface area (TPSA) is 103 Å². The molecule has 0 unspecified atom stereocenters. The molecule has 0 saturated heterocycles. The first-order valence-electron chi connectivity index (χ1n) is 7.40. The van der Waals surface area contributed by atoms with Gasteiger partial charge in [-0.1, -0.05) is 37.3 Å². The van der Waals surface area contributed by atoms with Crippen LogP contribution in [0.25, 0.3) is 0 Å². The van der Waals surface area contributed by atoms with E-state index >= 15 is 0 Å². The van der Waals surface area contributed by atoms with Crippen molar-refractivity contribution in [1.82, 2.24) is 15.0 Å². The first kappa shape index (κ1) is 16.7. The Bertz CT molecular complexity index is 749. The number of primary amides is 1. The van der Waals surface area contributed by atoms with Crippen molar-refractivity contribution in [2.45, 2.75) is 40.2 Å². The molecule has 7 nitrogen and oxygen atoms in total. The van der Waals surface area contributed by atoms with Crippen molar-refractivity contribution in [3.05, 3.63) is 40.7 Å². The summed E-state index contributed by atoms with van der Waals surface area (Å²) in [6.07, 6.45) is 0. The molecule has 7 heteroatoms. The van der Waals surface area contributed by atoms with Gasteiger partial charge in [0, 0.05) is 5.69 Å². The molecule has 0 fully saturated rings. The average molecular weight is 315 g/mol. The normalized spacial score (nSPS) is 10.8. The Labute approximate surface area is 134 Å². The highest BCUT2D eigenvalue weighted by Crippen LogP contribution is 2.27.